The van der Waals surface area contributed by atoms with Gasteiger partial charge in [0.1, 0.15) is 11.4 Å². The molecule has 20 heavy (non-hydrogen) atoms. The summed E-state index contributed by atoms with van der Waals surface area (Å²) in [5.41, 5.74) is 1.49. The minimum absolute atomic E-state index is 0.101. The van der Waals surface area contributed by atoms with Gasteiger partial charge in [0, 0.05) is 24.1 Å². The zero-order chi connectivity index (χ0) is 13.9. The van der Waals surface area contributed by atoms with E-state index in [0.717, 1.165) is 36.1 Å². The normalized spacial score (nSPS) is 18.4. The topological polar surface area (TPSA) is 63.4 Å². The van der Waals surface area contributed by atoms with Crippen molar-refractivity contribution in [3.63, 3.8) is 0 Å². The van der Waals surface area contributed by atoms with E-state index in [1.165, 1.54) is 0 Å². The van der Waals surface area contributed by atoms with E-state index in [-0.39, 0.29) is 12.0 Å². The summed E-state index contributed by atoms with van der Waals surface area (Å²) in [6.07, 6.45) is 2.25. The molecule has 1 amide bonds. The fourth-order valence-corrected chi connectivity index (χ4v) is 2.47. The van der Waals surface area contributed by atoms with E-state index >= 15 is 0 Å². The van der Waals surface area contributed by atoms with Gasteiger partial charge >= 0.3 is 0 Å². The maximum atomic E-state index is 12.1. The zero-order valence-electron chi connectivity index (χ0n) is 11.4. The number of benzene rings is 1. The first-order valence-electron chi connectivity index (χ1n) is 6.83. The molecule has 0 radical (unpaired) electrons. The third-order valence-corrected chi connectivity index (χ3v) is 3.59. The Morgan fingerprint density at radius 1 is 1.50 bits per heavy atom. The molecule has 2 N–H and O–H groups in total. The summed E-state index contributed by atoms with van der Waals surface area (Å²) < 4.78 is 10.7. The molecular formula is C15H18N2O3. The molecule has 5 heteroatoms. The predicted octanol–water partition coefficient (Wildman–Crippen LogP) is 2.09. The highest BCUT2D eigenvalue weighted by molar-refractivity contribution is 5.98. The summed E-state index contributed by atoms with van der Waals surface area (Å²) in [7, 11) is 1.63. The number of aromatic amines is 1. The van der Waals surface area contributed by atoms with Crippen molar-refractivity contribution in [2.24, 2.45) is 0 Å². The standard InChI is InChI=1S/C15H18N2O3/c1-19-11-4-5-13-10(7-11)8-14(17-13)15(18)16-9-12-3-2-6-20-12/h4-5,7-8,12,17H,2-3,6,9H2,1H3,(H,16,18)/t12-/m0/s1. The number of nitrogens with one attached hydrogen (secondary N) is 2. The van der Waals surface area contributed by atoms with Gasteiger partial charge in [-0.05, 0) is 37.1 Å². The second-order valence-electron chi connectivity index (χ2n) is 4.98. The lowest BCUT2D eigenvalue weighted by Gasteiger charge is -2.09. The molecule has 5 nitrogen and oxygen atoms in total. The molecule has 1 fully saturated rings. The molecule has 3 rings (SSSR count). The molecular weight excluding hydrogens is 256 g/mol. The summed E-state index contributed by atoms with van der Waals surface area (Å²) in [6.45, 7) is 1.37. The van der Waals surface area contributed by atoms with Gasteiger partial charge in [-0.1, -0.05) is 0 Å². The van der Waals surface area contributed by atoms with Crippen LogP contribution in [0.1, 0.15) is 23.3 Å². The highest BCUT2D eigenvalue weighted by Crippen LogP contribution is 2.21. The Kier molecular flexibility index (Phi) is 3.60. The maximum absolute atomic E-state index is 12.1. The molecule has 0 saturated carbocycles. The van der Waals surface area contributed by atoms with Crippen molar-refractivity contribution < 1.29 is 14.3 Å². The van der Waals surface area contributed by atoms with Crippen LogP contribution < -0.4 is 10.1 Å². The highest BCUT2D eigenvalue weighted by Gasteiger charge is 2.17. The molecule has 2 aromatic rings. The molecule has 0 spiro atoms. The zero-order valence-corrected chi connectivity index (χ0v) is 11.4. The van der Waals surface area contributed by atoms with Gasteiger partial charge in [-0.15, -0.1) is 0 Å². The lowest BCUT2D eigenvalue weighted by Crippen LogP contribution is -2.31. The number of H-pyrrole nitrogens is 1. The molecule has 1 saturated heterocycles. The Bertz CT molecular complexity index is 615. The van der Waals surface area contributed by atoms with Gasteiger partial charge in [-0.25, -0.2) is 0 Å². The molecule has 2 heterocycles. The molecule has 0 unspecified atom stereocenters. The summed E-state index contributed by atoms with van der Waals surface area (Å²) in [6, 6.07) is 7.52. The van der Waals surface area contributed by atoms with Crippen molar-refractivity contribution in [2.75, 3.05) is 20.3 Å². The Morgan fingerprint density at radius 3 is 3.15 bits per heavy atom. The van der Waals surface area contributed by atoms with Crippen molar-refractivity contribution >= 4 is 16.8 Å². The first kappa shape index (κ1) is 13.0. The molecule has 0 bridgehead atoms. The van der Waals surface area contributed by atoms with Crippen LogP contribution in [0.25, 0.3) is 10.9 Å². The molecule has 1 atom stereocenters. The predicted molar refractivity (Wildman–Crippen MR) is 76.2 cm³/mol. The molecule has 0 aliphatic carbocycles. The molecule has 1 aromatic carbocycles. The van der Waals surface area contributed by atoms with Crippen LogP contribution in [0.3, 0.4) is 0 Å². The van der Waals surface area contributed by atoms with Gasteiger partial charge in [0.05, 0.1) is 13.2 Å². The van der Waals surface area contributed by atoms with E-state index in [2.05, 4.69) is 10.3 Å². The van der Waals surface area contributed by atoms with Crippen molar-refractivity contribution in [1.82, 2.24) is 10.3 Å². The maximum Gasteiger partial charge on any atom is 0.267 e. The second kappa shape index (κ2) is 5.54. The van der Waals surface area contributed by atoms with Gasteiger partial charge in [-0.3, -0.25) is 4.79 Å². The lowest BCUT2D eigenvalue weighted by molar-refractivity contribution is 0.0854. The van der Waals surface area contributed by atoms with Crippen LogP contribution in [-0.4, -0.2) is 37.3 Å². The number of ether oxygens (including phenoxy) is 2. The van der Waals surface area contributed by atoms with Crippen molar-refractivity contribution in [2.45, 2.75) is 18.9 Å². The van der Waals surface area contributed by atoms with Crippen LogP contribution >= 0.6 is 0 Å². The smallest absolute Gasteiger partial charge is 0.267 e. The van der Waals surface area contributed by atoms with Crippen LogP contribution in [0.5, 0.6) is 5.75 Å². The van der Waals surface area contributed by atoms with E-state index in [0.29, 0.717) is 12.2 Å². The van der Waals surface area contributed by atoms with Crippen molar-refractivity contribution in [1.29, 1.82) is 0 Å². The summed E-state index contributed by atoms with van der Waals surface area (Å²) in [5.74, 6) is 0.679. The average Bonchev–Trinajstić information content (AvgIpc) is 3.12. The molecule has 1 aromatic heterocycles. The Labute approximate surface area is 117 Å². The van der Waals surface area contributed by atoms with E-state index in [4.69, 9.17) is 9.47 Å². The molecule has 106 valence electrons. The summed E-state index contributed by atoms with van der Waals surface area (Å²) >= 11 is 0. The van der Waals surface area contributed by atoms with Crippen molar-refractivity contribution in [3.8, 4) is 5.75 Å². The summed E-state index contributed by atoms with van der Waals surface area (Å²) in [4.78, 5) is 15.2. The number of fused-ring (bicyclic) bond motifs is 1. The van der Waals surface area contributed by atoms with Gasteiger partial charge in [-0.2, -0.15) is 0 Å². The van der Waals surface area contributed by atoms with Crippen LogP contribution in [0.4, 0.5) is 0 Å². The van der Waals surface area contributed by atoms with Gasteiger partial charge in [0.15, 0.2) is 0 Å². The van der Waals surface area contributed by atoms with E-state index in [1.807, 2.05) is 24.3 Å². The molecule has 1 aliphatic heterocycles. The third kappa shape index (κ3) is 2.63. The third-order valence-electron chi connectivity index (χ3n) is 3.59. The average molecular weight is 274 g/mol. The number of rotatable bonds is 4. The Morgan fingerprint density at radius 2 is 2.40 bits per heavy atom. The molecule has 1 aliphatic rings. The van der Waals surface area contributed by atoms with Crippen LogP contribution in [0.2, 0.25) is 0 Å². The van der Waals surface area contributed by atoms with Gasteiger partial charge in [0.2, 0.25) is 0 Å². The number of carbonyl (C=O) groups excluding carboxylic acids is 1. The van der Waals surface area contributed by atoms with E-state index < -0.39 is 0 Å². The Balaban J connectivity index is 1.70. The van der Waals surface area contributed by atoms with Gasteiger partial charge < -0.3 is 19.8 Å². The minimum Gasteiger partial charge on any atom is -0.497 e. The fraction of sp³-hybridized carbons (Fsp3) is 0.400. The van der Waals surface area contributed by atoms with Gasteiger partial charge in [0.25, 0.3) is 5.91 Å². The van der Waals surface area contributed by atoms with E-state index in [9.17, 15) is 4.79 Å². The quantitative estimate of drug-likeness (QED) is 0.897. The number of amides is 1. The first-order valence-corrected chi connectivity index (χ1v) is 6.83. The summed E-state index contributed by atoms with van der Waals surface area (Å²) in [5, 5.41) is 3.87. The second-order valence-corrected chi connectivity index (χ2v) is 4.98. The highest BCUT2D eigenvalue weighted by atomic mass is 16.5. The monoisotopic (exact) mass is 274 g/mol. The minimum atomic E-state index is -0.101. The number of carbonyl (C=O) groups is 1. The van der Waals surface area contributed by atoms with Crippen LogP contribution in [0, 0.1) is 0 Å². The van der Waals surface area contributed by atoms with E-state index in [1.54, 1.807) is 7.11 Å². The fourth-order valence-electron chi connectivity index (χ4n) is 2.47. The van der Waals surface area contributed by atoms with Crippen molar-refractivity contribution in [3.05, 3.63) is 30.0 Å². The van der Waals surface area contributed by atoms with Crippen LogP contribution in [-0.2, 0) is 4.74 Å². The number of hydrogen-bond donors (Lipinski definition) is 2. The SMILES string of the molecule is COc1ccc2[nH]c(C(=O)NC[C@@H]3CCCO3)cc2c1. The van der Waals surface area contributed by atoms with Crippen LogP contribution in [0.15, 0.2) is 24.3 Å². The number of aromatic nitrogens is 1. The Hall–Kier alpha value is -2.01. The first-order chi connectivity index (χ1) is 9.76. The lowest BCUT2D eigenvalue weighted by atomic mass is 10.2. The largest absolute Gasteiger partial charge is 0.497 e. The number of hydrogen-bond acceptors (Lipinski definition) is 3. The number of methoxy groups -OCH3 is 1.